The van der Waals surface area contributed by atoms with Crippen molar-refractivity contribution in [3.05, 3.63) is 40.5 Å². The van der Waals surface area contributed by atoms with Gasteiger partial charge in [-0.3, -0.25) is 0 Å². The minimum atomic E-state index is -0.444. The molecule has 1 aromatic carbocycles. The fraction of sp³-hybridized carbons (Fsp3) is 0.312. The number of aliphatic hydroxyl groups is 1. The summed E-state index contributed by atoms with van der Waals surface area (Å²) in [4.78, 5) is 4.51. The van der Waals surface area contributed by atoms with Gasteiger partial charge in [-0.1, -0.05) is 23.2 Å². The van der Waals surface area contributed by atoms with Crippen LogP contribution in [0.3, 0.4) is 0 Å². The second-order valence-electron chi connectivity index (χ2n) is 5.68. The van der Waals surface area contributed by atoms with Gasteiger partial charge in [0.25, 0.3) is 0 Å². The van der Waals surface area contributed by atoms with Crippen molar-refractivity contribution in [1.82, 2.24) is 14.9 Å². The van der Waals surface area contributed by atoms with E-state index in [9.17, 15) is 5.11 Å². The van der Waals surface area contributed by atoms with Crippen molar-refractivity contribution in [1.29, 1.82) is 0 Å². The average Bonchev–Trinajstić information content (AvgIpc) is 2.81. The predicted octanol–water partition coefficient (Wildman–Crippen LogP) is 3.39. The first-order valence-corrected chi connectivity index (χ1v) is 8.04. The molecule has 4 nitrogen and oxygen atoms in total. The number of fused-ring (bicyclic) bond motifs is 3. The number of aromatic nitrogens is 2. The third kappa shape index (κ3) is 2.18. The molecule has 22 heavy (non-hydrogen) atoms. The van der Waals surface area contributed by atoms with E-state index in [1.165, 1.54) is 0 Å². The second kappa shape index (κ2) is 5.39. The fourth-order valence-electron chi connectivity index (χ4n) is 3.34. The van der Waals surface area contributed by atoms with Gasteiger partial charge in [0.15, 0.2) is 0 Å². The molecule has 2 aromatic heterocycles. The first-order chi connectivity index (χ1) is 10.6. The summed E-state index contributed by atoms with van der Waals surface area (Å²) in [6.07, 6.45) is 2.06. The molecule has 0 spiro atoms. The fourth-order valence-corrected chi connectivity index (χ4v) is 3.67. The zero-order valence-electron chi connectivity index (χ0n) is 11.8. The first kappa shape index (κ1) is 14.3. The van der Waals surface area contributed by atoms with Gasteiger partial charge in [-0.15, -0.1) is 0 Å². The highest BCUT2D eigenvalue weighted by Gasteiger charge is 2.28. The SMILES string of the molecule is O[C@H]1CNCC[C@@H]1n1c2ccc(Cl)cc2c2cc(Cl)cnc21. The minimum absolute atomic E-state index is 0.00361. The van der Waals surface area contributed by atoms with E-state index in [-0.39, 0.29) is 6.04 Å². The van der Waals surface area contributed by atoms with Crippen molar-refractivity contribution in [2.75, 3.05) is 13.1 Å². The molecule has 0 unspecified atom stereocenters. The van der Waals surface area contributed by atoms with Crippen LogP contribution >= 0.6 is 23.2 Å². The zero-order valence-corrected chi connectivity index (χ0v) is 13.3. The molecule has 2 atom stereocenters. The Balaban J connectivity index is 2.06. The summed E-state index contributed by atoms with van der Waals surface area (Å²) >= 11 is 12.3. The van der Waals surface area contributed by atoms with Crippen molar-refractivity contribution in [2.45, 2.75) is 18.6 Å². The number of hydrogen-bond donors (Lipinski definition) is 2. The largest absolute Gasteiger partial charge is 0.390 e. The lowest BCUT2D eigenvalue weighted by Crippen LogP contribution is -2.41. The number of piperidine rings is 1. The Kier molecular flexibility index (Phi) is 3.50. The Morgan fingerprint density at radius 1 is 1.18 bits per heavy atom. The van der Waals surface area contributed by atoms with Gasteiger partial charge in [-0.25, -0.2) is 4.98 Å². The lowest BCUT2D eigenvalue weighted by Gasteiger charge is -2.30. The molecule has 0 radical (unpaired) electrons. The monoisotopic (exact) mass is 335 g/mol. The van der Waals surface area contributed by atoms with Crippen LogP contribution < -0.4 is 5.32 Å². The Hall–Kier alpha value is -1.33. The zero-order chi connectivity index (χ0) is 15.3. The van der Waals surface area contributed by atoms with E-state index in [4.69, 9.17) is 23.2 Å². The summed E-state index contributed by atoms with van der Waals surface area (Å²) in [6, 6.07) is 7.69. The summed E-state index contributed by atoms with van der Waals surface area (Å²) in [5.41, 5.74) is 1.87. The standard InChI is InChI=1S/C16H15Cl2N3O/c17-9-1-2-13-11(5-9)12-6-10(18)7-20-16(12)21(13)14-3-4-19-8-15(14)22/h1-2,5-7,14-15,19,22H,3-4,8H2/t14-,15-/m0/s1. The number of rotatable bonds is 1. The van der Waals surface area contributed by atoms with Crippen molar-refractivity contribution >= 4 is 45.1 Å². The maximum Gasteiger partial charge on any atom is 0.141 e. The molecule has 1 aliphatic heterocycles. The van der Waals surface area contributed by atoms with E-state index >= 15 is 0 Å². The summed E-state index contributed by atoms with van der Waals surface area (Å²) in [5.74, 6) is 0. The Morgan fingerprint density at radius 2 is 2.00 bits per heavy atom. The third-order valence-electron chi connectivity index (χ3n) is 4.32. The summed E-state index contributed by atoms with van der Waals surface area (Å²) in [7, 11) is 0. The molecule has 3 aromatic rings. The van der Waals surface area contributed by atoms with Gasteiger partial charge < -0.3 is 15.0 Å². The van der Waals surface area contributed by atoms with Gasteiger partial charge in [0.1, 0.15) is 5.65 Å². The van der Waals surface area contributed by atoms with Crippen molar-refractivity contribution in [3.63, 3.8) is 0 Å². The van der Waals surface area contributed by atoms with Crippen molar-refractivity contribution in [2.24, 2.45) is 0 Å². The normalized spacial score (nSPS) is 22.5. The third-order valence-corrected chi connectivity index (χ3v) is 4.76. The molecule has 0 saturated carbocycles. The van der Waals surface area contributed by atoms with E-state index in [0.717, 1.165) is 34.9 Å². The van der Waals surface area contributed by atoms with E-state index in [1.807, 2.05) is 24.3 Å². The summed E-state index contributed by atoms with van der Waals surface area (Å²) in [5, 5.41) is 16.9. The van der Waals surface area contributed by atoms with Crippen LogP contribution in [-0.2, 0) is 0 Å². The van der Waals surface area contributed by atoms with Crippen molar-refractivity contribution in [3.8, 4) is 0 Å². The van der Waals surface area contributed by atoms with Crippen LogP contribution in [0.4, 0.5) is 0 Å². The maximum atomic E-state index is 10.4. The maximum absolute atomic E-state index is 10.4. The molecule has 3 heterocycles. The van der Waals surface area contributed by atoms with Gasteiger partial charge >= 0.3 is 0 Å². The van der Waals surface area contributed by atoms with E-state index < -0.39 is 6.10 Å². The van der Waals surface area contributed by atoms with Gasteiger partial charge in [-0.2, -0.15) is 0 Å². The molecule has 2 N–H and O–H groups in total. The molecule has 0 bridgehead atoms. The number of aliphatic hydroxyl groups excluding tert-OH is 1. The molecular formula is C16H15Cl2N3O. The highest BCUT2D eigenvalue weighted by atomic mass is 35.5. The Morgan fingerprint density at radius 3 is 2.82 bits per heavy atom. The van der Waals surface area contributed by atoms with Crippen LogP contribution in [0.25, 0.3) is 21.9 Å². The highest BCUT2D eigenvalue weighted by Crippen LogP contribution is 2.36. The molecule has 0 aliphatic carbocycles. The van der Waals surface area contributed by atoms with Crippen LogP contribution in [0.2, 0.25) is 10.0 Å². The number of pyridine rings is 1. The Bertz CT molecular complexity index is 802. The molecule has 6 heteroatoms. The summed E-state index contributed by atoms with van der Waals surface area (Å²) < 4.78 is 2.13. The van der Waals surface area contributed by atoms with Crippen LogP contribution in [0.15, 0.2) is 30.5 Å². The molecule has 114 valence electrons. The number of hydrogen-bond acceptors (Lipinski definition) is 3. The van der Waals surface area contributed by atoms with Crippen LogP contribution in [0, 0.1) is 0 Å². The molecule has 1 fully saturated rings. The van der Waals surface area contributed by atoms with Crippen molar-refractivity contribution < 1.29 is 5.11 Å². The Labute approximate surface area is 137 Å². The highest BCUT2D eigenvalue weighted by molar-refractivity contribution is 6.33. The molecule has 1 saturated heterocycles. The van der Waals surface area contributed by atoms with E-state index in [0.29, 0.717) is 16.6 Å². The second-order valence-corrected chi connectivity index (χ2v) is 6.56. The van der Waals surface area contributed by atoms with Gasteiger partial charge in [-0.05, 0) is 37.2 Å². The van der Waals surface area contributed by atoms with Gasteiger partial charge in [0, 0.05) is 28.5 Å². The van der Waals surface area contributed by atoms with E-state index in [2.05, 4.69) is 14.9 Å². The van der Waals surface area contributed by atoms with Crippen LogP contribution in [0.1, 0.15) is 12.5 Å². The molecular weight excluding hydrogens is 321 g/mol. The average molecular weight is 336 g/mol. The topological polar surface area (TPSA) is 50.1 Å². The number of β-amino-alcohol motifs (C(OH)–C–C–N with tert-alkyl or cyclic N) is 1. The van der Waals surface area contributed by atoms with Crippen LogP contribution in [0.5, 0.6) is 0 Å². The summed E-state index contributed by atoms with van der Waals surface area (Å²) in [6.45, 7) is 1.47. The number of benzene rings is 1. The van der Waals surface area contributed by atoms with Gasteiger partial charge in [0.2, 0.25) is 0 Å². The smallest absolute Gasteiger partial charge is 0.141 e. The first-order valence-electron chi connectivity index (χ1n) is 7.28. The van der Waals surface area contributed by atoms with Gasteiger partial charge in [0.05, 0.1) is 22.7 Å². The molecule has 4 rings (SSSR count). The number of nitrogens with one attached hydrogen (secondary N) is 1. The van der Waals surface area contributed by atoms with E-state index in [1.54, 1.807) is 6.20 Å². The lowest BCUT2D eigenvalue weighted by atomic mass is 10.0. The number of nitrogens with zero attached hydrogens (tertiary/aromatic N) is 2. The quantitative estimate of drug-likeness (QED) is 0.716. The number of halogens is 2. The minimum Gasteiger partial charge on any atom is -0.390 e. The predicted molar refractivity (Wildman–Crippen MR) is 89.8 cm³/mol. The molecule has 1 aliphatic rings. The van der Waals surface area contributed by atoms with Crippen LogP contribution in [-0.4, -0.2) is 33.9 Å². The lowest BCUT2D eigenvalue weighted by molar-refractivity contribution is 0.0910. The molecule has 0 amide bonds.